The standard InChI is InChI=1S/C13H13BrFNO2S2/c1-8-7-12(19-13(8)14)20(17,18)16-9(2)10-3-5-11(15)6-4-10/h3-7,9,16H,1-2H3. The van der Waals surface area contributed by atoms with Gasteiger partial charge in [0.2, 0.25) is 0 Å². The van der Waals surface area contributed by atoms with Gasteiger partial charge in [-0.1, -0.05) is 12.1 Å². The number of benzene rings is 1. The molecule has 1 N–H and O–H groups in total. The fraction of sp³-hybridized carbons (Fsp3) is 0.231. The SMILES string of the molecule is Cc1cc(S(=O)(=O)NC(C)c2ccc(F)cc2)sc1Br. The zero-order valence-corrected chi connectivity index (χ0v) is 14.1. The van der Waals surface area contributed by atoms with E-state index in [0.717, 1.165) is 9.35 Å². The van der Waals surface area contributed by atoms with E-state index in [1.807, 2.05) is 6.92 Å². The predicted molar refractivity (Wildman–Crippen MR) is 81.9 cm³/mol. The van der Waals surface area contributed by atoms with Crippen LogP contribution in [0.4, 0.5) is 4.39 Å². The summed E-state index contributed by atoms with van der Waals surface area (Å²) >= 11 is 4.48. The Morgan fingerprint density at radius 3 is 2.40 bits per heavy atom. The van der Waals surface area contributed by atoms with Gasteiger partial charge in [0.25, 0.3) is 10.0 Å². The van der Waals surface area contributed by atoms with E-state index >= 15 is 0 Å². The van der Waals surface area contributed by atoms with Crippen LogP contribution in [0, 0.1) is 12.7 Å². The van der Waals surface area contributed by atoms with Crippen LogP contribution in [-0.4, -0.2) is 8.42 Å². The molecular formula is C13H13BrFNO2S2. The molecule has 7 heteroatoms. The van der Waals surface area contributed by atoms with Crippen molar-refractivity contribution in [2.75, 3.05) is 0 Å². The summed E-state index contributed by atoms with van der Waals surface area (Å²) in [4.78, 5) is 0. The number of halogens is 2. The molecule has 0 aliphatic heterocycles. The summed E-state index contributed by atoms with van der Waals surface area (Å²) in [5, 5.41) is 0. The normalized spacial score (nSPS) is 13.4. The van der Waals surface area contributed by atoms with Crippen LogP contribution in [0.5, 0.6) is 0 Å². The fourth-order valence-corrected chi connectivity index (χ4v) is 5.15. The highest BCUT2D eigenvalue weighted by atomic mass is 79.9. The average Bonchev–Trinajstić information content (AvgIpc) is 2.71. The number of hydrogen-bond acceptors (Lipinski definition) is 3. The Balaban J connectivity index is 2.21. The highest BCUT2D eigenvalue weighted by Gasteiger charge is 2.21. The van der Waals surface area contributed by atoms with E-state index < -0.39 is 16.1 Å². The van der Waals surface area contributed by atoms with Gasteiger partial charge in [-0.3, -0.25) is 0 Å². The van der Waals surface area contributed by atoms with Gasteiger partial charge in [0.05, 0.1) is 3.79 Å². The first-order chi connectivity index (χ1) is 9.29. The first-order valence-corrected chi connectivity index (χ1v) is 8.92. The molecule has 0 saturated heterocycles. The Hall–Kier alpha value is -0.760. The topological polar surface area (TPSA) is 46.2 Å². The van der Waals surface area contributed by atoms with Gasteiger partial charge in [-0.15, -0.1) is 11.3 Å². The largest absolute Gasteiger partial charge is 0.250 e. The lowest BCUT2D eigenvalue weighted by molar-refractivity contribution is 0.568. The Kier molecular flexibility index (Phi) is 4.63. The third kappa shape index (κ3) is 3.46. The maximum Gasteiger partial charge on any atom is 0.250 e. The summed E-state index contributed by atoms with van der Waals surface area (Å²) in [6, 6.07) is 6.95. The molecule has 1 aromatic carbocycles. The Morgan fingerprint density at radius 1 is 1.30 bits per heavy atom. The minimum absolute atomic E-state index is 0.260. The second-order valence-electron chi connectivity index (χ2n) is 4.42. The van der Waals surface area contributed by atoms with Crippen molar-refractivity contribution in [3.05, 3.63) is 51.1 Å². The van der Waals surface area contributed by atoms with Crippen LogP contribution in [-0.2, 0) is 10.0 Å². The lowest BCUT2D eigenvalue weighted by atomic mass is 10.1. The van der Waals surface area contributed by atoms with Crippen LogP contribution < -0.4 is 4.72 Å². The third-order valence-corrected chi connectivity index (χ3v) is 6.95. The highest BCUT2D eigenvalue weighted by Crippen LogP contribution is 2.31. The van der Waals surface area contributed by atoms with Crippen molar-refractivity contribution in [2.24, 2.45) is 0 Å². The zero-order valence-electron chi connectivity index (χ0n) is 10.9. The van der Waals surface area contributed by atoms with Crippen LogP contribution in [0.2, 0.25) is 0 Å². The zero-order chi connectivity index (χ0) is 14.9. The number of sulfonamides is 1. The number of nitrogens with one attached hydrogen (secondary N) is 1. The summed E-state index contributed by atoms with van der Waals surface area (Å²) in [6.07, 6.45) is 0. The van der Waals surface area contributed by atoms with Crippen molar-refractivity contribution in [1.29, 1.82) is 0 Å². The van der Waals surface area contributed by atoms with Gasteiger partial charge >= 0.3 is 0 Å². The molecule has 0 amide bonds. The molecule has 0 aliphatic carbocycles. The molecule has 0 bridgehead atoms. The molecule has 20 heavy (non-hydrogen) atoms. The van der Waals surface area contributed by atoms with Crippen molar-refractivity contribution in [3.63, 3.8) is 0 Å². The van der Waals surface area contributed by atoms with Gasteiger partial charge in [0.1, 0.15) is 10.0 Å². The third-order valence-electron chi connectivity index (χ3n) is 2.80. The van der Waals surface area contributed by atoms with Crippen molar-refractivity contribution < 1.29 is 12.8 Å². The van der Waals surface area contributed by atoms with Gasteiger partial charge in [0, 0.05) is 6.04 Å². The number of thiophene rings is 1. The van der Waals surface area contributed by atoms with Crippen molar-refractivity contribution in [3.8, 4) is 0 Å². The lowest BCUT2D eigenvalue weighted by Crippen LogP contribution is -2.26. The smallest absolute Gasteiger partial charge is 0.207 e. The molecule has 2 rings (SSSR count). The summed E-state index contributed by atoms with van der Waals surface area (Å²) in [7, 11) is -3.57. The first-order valence-electron chi connectivity index (χ1n) is 5.83. The Morgan fingerprint density at radius 2 is 1.90 bits per heavy atom. The van der Waals surface area contributed by atoms with Crippen LogP contribution in [0.1, 0.15) is 24.1 Å². The molecule has 1 unspecified atom stereocenters. The number of aryl methyl sites for hydroxylation is 1. The van der Waals surface area contributed by atoms with Gasteiger partial charge < -0.3 is 0 Å². The van der Waals surface area contributed by atoms with E-state index in [1.165, 1.54) is 23.5 Å². The second-order valence-corrected chi connectivity index (χ2v) is 8.73. The Bertz CT molecular complexity index is 691. The molecule has 108 valence electrons. The maximum atomic E-state index is 12.9. The van der Waals surface area contributed by atoms with E-state index in [0.29, 0.717) is 5.56 Å². The second kappa shape index (κ2) is 5.93. The van der Waals surface area contributed by atoms with Gasteiger partial charge in [-0.2, -0.15) is 0 Å². The molecule has 1 atom stereocenters. The first kappa shape index (κ1) is 15.6. The number of rotatable bonds is 4. The molecule has 2 aromatic rings. The summed E-state index contributed by atoms with van der Waals surface area (Å²) in [6.45, 7) is 3.56. The lowest BCUT2D eigenvalue weighted by Gasteiger charge is -2.13. The predicted octanol–water partition coefficient (Wildman–Crippen LogP) is 4.00. The van der Waals surface area contributed by atoms with E-state index in [4.69, 9.17) is 0 Å². The fourth-order valence-electron chi connectivity index (χ4n) is 1.67. The summed E-state index contributed by atoms with van der Waals surface area (Å²) in [5.74, 6) is -0.346. The summed E-state index contributed by atoms with van der Waals surface area (Å²) < 4.78 is 41.0. The minimum Gasteiger partial charge on any atom is -0.207 e. The van der Waals surface area contributed by atoms with E-state index in [2.05, 4.69) is 20.7 Å². The van der Waals surface area contributed by atoms with Crippen LogP contribution in [0.3, 0.4) is 0 Å². The molecule has 0 fully saturated rings. The van der Waals surface area contributed by atoms with Crippen LogP contribution in [0.15, 0.2) is 38.3 Å². The maximum absolute atomic E-state index is 12.9. The van der Waals surface area contributed by atoms with E-state index in [9.17, 15) is 12.8 Å². The van der Waals surface area contributed by atoms with E-state index in [1.54, 1.807) is 25.1 Å². The van der Waals surface area contributed by atoms with Gasteiger partial charge in [-0.05, 0) is 59.1 Å². The average molecular weight is 378 g/mol. The molecule has 0 saturated carbocycles. The Labute approximate surface area is 130 Å². The quantitative estimate of drug-likeness (QED) is 0.874. The van der Waals surface area contributed by atoms with Crippen molar-refractivity contribution >= 4 is 37.3 Å². The van der Waals surface area contributed by atoms with Crippen molar-refractivity contribution in [2.45, 2.75) is 24.1 Å². The van der Waals surface area contributed by atoms with Crippen LogP contribution >= 0.6 is 27.3 Å². The van der Waals surface area contributed by atoms with Crippen molar-refractivity contribution in [1.82, 2.24) is 4.72 Å². The molecule has 3 nitrogen and oxygen atoms in total. The molecule has 1 aromatic heterocycles. The molecule has 0 aliphatic rings. The van der Waals surface area contributed by atoms with Gasteiger partial charge in [0.15, 0.2) is 0 Å². The monoisotopic (exact) mass is 377 g/mol. The minimum atomic E-state index is -3.57. The molecule has 0 spiro atoms. The summed E-state index contributed by atoms with van der Waals surface area (Å²) in [5.41, 5.74) is 1.59. The number of hydrogen-bond donors (Lipinski definition) is 1. The molecular weight excluding hydrogens is 365 g/mol. The molecule has 0 radical (unpaired) electrons. The van der Waals surface area contributed by atoms with E-state index in [-0.39, 0.29) is 10.0 Å². The molecule has 1 heterocycles. The van der Waals surface area contributed by atoms with Gasteiger partial charge in [-0.25, -0.2) is 17.5 Å². The van der Waals surface area contributed by atoms with Crippen LogP contribution in [0.25, 0.3) is 0 Å². The highest BCUT2D eigenvalue weighted by molar-refractivity contribution is 9.11.